The molecule has 1 aromatic heterocycles. The molecule has 1 fully saturated rings. The van der Waals surface area contributed by atoms with Gasteiger partial charge in [-0.1, -0.05) is 11.6 Å². The average molecular weight is 422 g/mol. The summed E-state index contributed by atoms with van der Waals surface area (Å²) in [7, 11) is 0. The predicted octanol–water partition coefficient (Wildman–Crippen LogP) is 4.86. The van der Waals surface area contributed by atoms with Crippen molar-refractivity contribution in [2.75, 3.05) is 18.4 Å². The molecule has 30 heavy (non-hydrogen) atoms. The summed E-state index contributed by atoms with van der Waals surface area (Å²) in [5.41, 5.74) is 9.58. The highest BCUT2D eigenvalue weighted by Gasteiger charge is 2.19. The molecule has 3 N–H and O–H groups in total. The Morgan fingerprint density at radius 1 is 1.13 bits per heavy atom. The summed E-state index contributed by atoms with van der Waals surface area (Å²) >= 11 is 6.04. The average Bonchev–Trinajstić information content (AvgIpc) is 3.29. The number of benzene rings is 2. The number of halogens is 1. The van der Waals surface area contributed by atoms with Gasteiger partial charge in [-0.05, 0) is 61.4 Å². The van der Waals surface area contributed by atoms with Gasteiger partial charge in [0.1, 0.15) is 5.70 Å². The second-order valence-corrected chi connectivity index (χ2v) is 7.54. The molecule has 0 spiro atoms. The van der Waals surface area contributed by atoms with E-state index in [1.807, 2.05) is 4.90 Å². The Morgan fingerprint density at radius 3 is 2.57 bits per heavy atom. The fourth-order valence-electron chi connectivity index (χ4n) is 3.50. The summed E-state index contributed by atoms with van der Waals surface area (Å²) < 4.78 is 0. The van der Waals surface area contributed by atoms with Gasteiger partial charge in [-0.3, -0.25) is 9.59 Å². The first-order valence-electron chi connectivity index (χ1n) is 9.61. The molecule has 0 saturated carbocycles. The third-order valence-corrected chi connectivity index (χ3v) is 5.34. The minimum Gasteiger partial charge on any atom is -0.360 e. The van der Waals surface area contributed by atoms with Crippen molar-refractivity contribution in [2.45, 2.75) is 12.8 Å². The zero-order chi connectivity index (χ0) is 21.1. The highest BCUT2D eigenvalue weighted by molar-refractivity contribution is 6.31. The summed E-state index contributed by atoms with van der Waals surface area (Å²) in [6.07, 6.45) is 3.59. The van der Waals surface area contributed by atoms with E-state index in [1.165, 1.54) is 6.20 Å². The van der Waals surface area contributed by atoms with Crippen molar-refractivity contribution in [1.82, 2.24) is 9.88 Å². The number of hydrogen-bond acceptors (Lipinski definition) is 5. The van der Waals surface area contributed by atoms with Gasteiger partial charge >= 0.3 is 0 Å². The van der Waals surface area contributed by atoms with Crippen molar-refractivity contribution in [3.63, 3.8) is 0 Å². The molecule has 3 aromatic rings. The van der Waals surface area contributed by atoms with E-state index < -0.39 is 0 Å². The lowest BCUT2D eigenvalue weighted by Crippen LogP contribution is -2.27. The minimum atomic E-state index is -0.347. The number of aromatic amines is 1. The molecule has 1 amide bonds. The SMILES string of the molecule is N=N/C(=C\Nc1ccc(C(=O)N2CCCC2)cc1)c1cc2cc(Cl)ccc2[nH]c1=O. The second-order valence-electron chi connectivity index (χ2n) is 7.11. The van der Waals surface area contributed by atoms with Crippen LogP contribution < -0.4 is 10.9 Å². The van der Waals surface area contributed by atoms with Crippen molar-refractivity contribution in [2.24, 2.45) is 5.11 Å². The van der Waals surface area contributed by atoms with Gasteiger partial charge in [0.15, 0.2) is 0 Å². The van der Waals surface area contributed by atoms with E-state index in [-0.39, 0.29) is 22.7 Å². The van der Waals surface area contributed by atoms with Crippen LogP contribution in [0.25, 0.3) is 16.6 Å². The summed E-state index contributed by atoms with van der Waals surface area (Å²) in [4.78, 5) is 29.5. The first-order chi connectivity index (χ1) is 14.5. The van der Waals surface area contributed by atoms with Gasteiger partial charge in [-0.25, -0.2) is 5.53 Å². The fourth-order valence-corrected chi connectivity index (χ4v) is 3.68. The fraction of sp³-hybridized carbons (Fsp3) is 0.182. The van der Waals surface area contributed by atoms with E-state index in [1.54, 1.807) is 48.5 Å². The van der Waals surface area contributed by atoms with Gasteiger partial charge in [-0.15, -0.1) is 0 Å². The maximum atomic E-state index is 12.4. The highest BCUT2D eigenvalue weighted by atomic mass is 35.5. The molecular weight excluding hydrogens is 402 g/mol. The molecule has 7 nitrogen and oxygen atoms in total. The van der Waals surface area contributed by atoms with Gasteiger partial charge in [0.25, 0.3) is 11.5 Å². The largest absolute Gasteiger partial charge is 0.360 e. The van der Waals surface area contributed by atoms with E-state index in [4.69, 9.17) is 17.1 Å². The Kier molecular flexibility index (Phi) is 5.63. The summed E-state index contributed by atoms with van der Waals surface area (Å²) in [6.45, 7) is 1.61. The number of carbonyl (C=O) groups excluding carboxylic acids is 1. The van der Waals surface area contributed by atoms with Gasteiger partial charge in [-0.2, -0.15) is 5.11 Å². The number of anilines is 1. The van der Waals surface area contributed by atoms with Gasteiger partial charge < -0.3 is 15.2 Å². The van der Waals surface area contributed by atoms with Crippen LogP contribution in [0, 0.1) is 5.53 Å². The molecule has 1 aliphatic heterocycles. The number of nitrogens with zero attached hydrogens (tertiary/aromatic N) is 2. The molecule has 152 valence electrons. The number of pyridine rings is 1. The molecule has 0 bridgehead atoms. The Bertz CT molecular complexity index is 1190. The third-order valence-electron chi connectivity index (χ3n) is 5.10. The van der Waals surface area contributed by atoms with Crippen LogP contribution in [-0.4, -0.2) is 28.9 Å². The first-order valence-corrected chi connectivity index (χ1v) is 9.99. The van der Waals surface area contributed by atoms with Crippen molar-refractivity contribution in [3.8, 4) is 0 Å². The summed E-state index contributed by atoms with van der Waals surface area (Å²) in [5, 5.41) is 7.83. The van der Waals surface area contributed by atoms with Gasteiger partial charge in [0.2, 0.25) is 0 Å². The standard InChI is InChI=1S/C22H20ClN5O2/c23-16-5-8-19-15(11-16)12-18(21(29)26-19)20(27-24)13-25-17-6-3-14(4-7-17)22(30)28-9-1-2-10-28/h3-8,11-13,24-25H,1-2,9-10H2,(H,26,29)/b20-13-,27-24?. The van der Waals surface area contributed by atoms with E-state index in [0.29, 0.717) is 16.1 Å². The van der Waals surface area contributed by atoms with Crippen LogP contribution in [0.3, 0.4) is 0 Å². The molecule has 2 heterocycles. The van der Waals surface area contributed by atoms with Crippen LogP contribution in [-0.2, 0) is 0 Å². The van der Waals surface area contributed by atoms with E-state index >= 15 is 0 Å². The van der Waals surface area contributed by atoms with Crippen LogP contribution in [0.15, 0.2) is 64.6 Å². The molecule has 0 atom stereocenters. The van der Waals surface area contributed by atoms with E-state index in [2.05, 4.69) is 15.4 Å². The molecular formula is C22H20ClN5O2. The zero-order valence-corrected chi connectivity index (χ0v) is 16.9. The minimum absolute atomic E-state index is 0.0396. The second kappa shape index (κ2) is 8.51. The lowest BCUT2D eigenvalue weighted by atomic mass is 10.1. The number of fused-ring (bicyclic) bond motifs is 1. The third kappa shape index (κ3) is 4.11. The van der Waals surface area contributed by atoms with Gasteiger partial charge in [0.05, 0.1) is 5.56 Å². The summed E-state index contributed by atoms with van der Waals surface area (Å²) in [5.74, 6) is 0.0396. The molecule has 8 heteroatoms. The number of H-pyrrole nitrogens is 1. The number of carbonyl (C=O) groups is 1. The molecule has 0 radical (unpaired) electrons. The normalized spacial score (nSPS) is 14.2. The van der Waals surface area contributed by atoms with Crippen molar-refractivity contribution >= 4 is 39.8 Å². The number of aromatic nitrogens is 1. The smallest absolute Gasteiger partial charge is 0.258 e. The first kappa shape index (κ1) is 19.8. The molecule has 2 aromatic carbocycles. The number of amides is 1. The predicted molar refractivity (Wildman–Crippen MR) is 118 cm³/mol. The van der Waals surface area contributed by atoms with Crippen molar-refractivity contribution in [3.05, 3.63) is 81.2 Å². The Morgan fingerprint density at radius 2 is 1.87 bits per heavy atom. The van der Waals surface area contributed by atoms with Crippen LogP contribution in [0.2, 0.25) is 5.02 Å². The Labute approximate surface area is 177 Å². The molecule has 1 aliphatic rings. The Balaban J connectivity index is 1.55. The van der Waals surface area contributed by atoms with Crippen LogP contribution >= 0.6 is 11.6 Å². The molecule has 4 rings (SSSR count). The molecule has 0 unspecified atom stereocenters. The molecule has 1 saturated heterocycles. The topological polar surface area (TPSA) is 101 Å². The van der Waals surface area contributed by atoms with Crippen LogP contribution in [0.5, 0.6) is 0 Å². The van der Waals surface area contributed by atoms with E-state index in [0.717, 1.165) is 37.0 Å². The van der Waals surface area contributed by atoms with Crippen molar-refractivity contribution in [1.29, 1.82) is 5.53 Å². The molecule has 0 aliphatic carbocycles. The number of likely N-dealkylation sites (tertiary alicyclic amines) is 1. The van der Waals surface area contributed by atoms with Crippen LogP contribution in [0.1, 0.15) is 28.8 Å². The lowest BCUT2D eigenvalue weighted by molar-refractivity contribution is 0.0793. The Hall–Kier alpha value is -3.45. The number of hydrogen-bond donors (Lipinski definition) is 3. The van der Waals surface area contributed by atoms with Crippen molar-refractivity contribution < 1.29 is 4.79 Å². The lowest BCUT2D eigenvalue weighted by Gasteiger charge is -2.15. The summed E-state index contributed by atoms with van der Waals surface area (Å²) in [6, 6.07) is 13.9. The van der Waals surface area contributed by atoms with Gasteiger partial charge in [0, 0.05) is 46.5 Å². The monoisotopic (exact) mass is 421 g/mol. The van der Waals surface area contributed by atoms with Crippen LogP contribution in [0.4, 0.5) is 5.69 Å². The zero-order valence-electron chi connectivity index (χ0n) is 16.1. The maximum absolute atomic E-state index is 12.4. The maximum Gasteiger partial charge on any atom is 0.258 e. The van der Waals surface area contributed by atoms with E-state index in [9.17, 15) is 9.59 Å². The highest BCUT2D eigenvalue weighted by Crippen LogP contribution is 2.21. The number of nitrogens with one attached hydrogen (secondary N) is 3. The quantitative estimate of drug-likeness (QED) is 0.512. The number of rotatable bonds is 5.